The molecule has 0 heterocycles. The van der Waals surface area contributed by atoms with Crippen molar-refractivity contribution >= 4 is 29.3 Å². The molecule has 3 N–H and O–H groups in total. The van der Waals surface area contributed by atoms with Crippen molar-refractivity contribution < 1.29 is 4.79 Å². The molecule has 25 heavy (non-hydrogen) atoms. The van der Waals surface area contributed by atoms with E-state index in [1.165, 1.54) is 12.2 Å². The molecule has 0 radical (unpaired) electrons. The molecule has 6 heteroatoms. The summed E-state index contributed by atoms with van der Waals surface area (Å²) < 4.78 is 0. The van der Waals surface area contributed by atoms with Gasteiger partial charge < -0.3 is 16.0 Å². The van der Waals surface area contributed by atoms with E-state index in [2.05, 4.69) is 27.2 Å². The molecular formula is C19H32N4OS. The summed E-state index contributed by atoms with van der Waals surface area (Å²) in [5.74, 6) is 2.09. The molecule has 0 aliphatic heterocycles. The Morgan fingerprint density at radius 2 is 2.08 bits per heavy atom. The van der Waals surface area contributed by atoms with Crippen molar-refractivity contribution in [3.8, 4) is 0 Å². The number of hydrogen-bond acceptors (Lipinski definition) is 3. The first-order valence-corrected chi connectivity index (χ1v) is 10.3. The van der Waals surface area contributed by atoms with Crippen LogP contribution in [0.3, 0.4) is 0 Å². The fourth-order valence-corrected chi connectivity index (χ4v) is 2.69. The minimum absolute atomic E-state index is 0.0240. The molecule has 0 aliphatic carbocycles. The highest BCUT2D eigenvalue weighted by Crippen LogP contribution is 2.13. The standard InChI is InChI=1S/C19H32N4OS/c1-5-15(2)18(24)23-17-10-8-9-16(13-17)14-22-19(20-3)21-11-6-7-12-25-4/h8-10,13,15H,5-7,11-12,14H2,1-4H3,(H,23,24)(H2,20,21,22). The van der Waals surface area contributed by atoms with Gasteiger partial charge in [0, 0.05) is 31.7 Å². The zero-order valence-electron chi connectivity index (χ0n) is 15.9. The van der Waals surface area contributed by atoms with Crippen LogP contribution >= 0.6 is 11.8 Å². The van der Waals surface area contributed by atoms with Crippen molar-refractivity contribution in [3.63, 3.8) is 0 Å². The van der Waals surface area contributed by atoms with Gasteiger partial charge in [-0.3, -0.25) is 9.79 Å². The molecule has 0 fully saturated rings. The van der Waals surface area contributed by atoms with Crippen LogP contribution in [0, 0.1) is 5.92 Å². The van der Waals surface area contributed by atoms with E-state index in [9.17, 15) is 4.79 Å². The monoisotopic (exact) mass is 364 g/mol. The summed E-state index contributed by atoms with van der Waals surface area (Å²) in [4.78, 5) is 16.2. The summed E-state index contributed by atoms with van der Waals surface area (Å²) in [7, 11) is 1.78. The number of nitrogens with one attached hydrogen (secondary N) is 3. The molecule has 1 atom stereocenters. The van der Waals surface area contributed by atoms with Crippen LogP contribution in [0.25, 0.3) is 0 Å². The lowest BCUT2D eigenvalue weighted by Crippen LogP contribution is -2.37. The fourth-order valence-electron chi connectivity index (χ4n) is 2.19. The second-order valence-electron chi connectivity index (χ2n) is 6.05. The van der Waals surface area contributed by atoms with E-state index in [0.29, 0.717) is 6.54 Å². The summed E-state index contributed by atoms with van der Waals surface area (Å²) >= 11 is 1.88. The van der Waals surface area contributed by atoms with Crippen LogP contribution in [0.15, 0.2) is 29.3 Å². The summed E-state index contributed by atoms with van der Waals surface area (Å²) in [6, 6.07) is 7.92. The summed E-state index contributed by atoms with van der Waals surface area (Å²) in [5.41, 5.74) is 1.94. The smallest absolute Gasteiger partial charge is 0.227 e. The number of benzene rings is 1. The van der Waals surface area contributed by atoms with Gasteiger partial charge in [-0.15, -0.1) is 0 Å². The molecule has 1 aromatic carbocycles. The molecule has 1 unspecified atom stereocenters. The number of rotatable bonds is 10. The number of unbranched alkanes of at least 4 members (excludes halogenated alkanes) is 1. The van der Waals surface area contributed by atoms with Crippen LogP contribution in [0.5, 0.6) is 0 Å². The van der Waals surface area contributed by atoms with Crippen molar-refractivity contribution in [1.29, 1.82) is 0 Å². The highest BCUT2D eigenvalue weighted by atomic mass is 32.2. The number of nitrogens with zero attached hydrogens (tertiary/aromatic N) is 1. The minimum Gasteiger partial charge on any atom is -0.356 e. The molecule has 1 amide bonds. The van der Waals surface area contributed by atoms with Crippen LogP contribution < -0.4 is 16.0 Å². The Labute approximate surface area is 156 Å². The van der Waals surface area contributed by atoms with Gasteiger partial charge in [0.25, 0.3) is 0 Å². The Balaban J connectivity index is 2.45. The Hall–Kier alpha value is -1.69. The van der Waals surface area contributed by atoms with Crippen LogP contribution in [0.2, 0.25) is 0 Å². The molecule has 0 aromatic heterocycles. The number of amides is 1. The number of thioether (sulfide) groups is 1. The Morgan fingerprint density at radius 3 is 2.76 bits per heavy atom. The fraction of sp³-hybridized carbons (Fsp3) is 0.579. The number of hydrogen-bond donors (Lipinski definition) is 3. The van der Waals surface area contributed by atoms with Gasteiger partial charge in [0.2, 0.25) is 5.91 Å². The molecule has 0 spiro atoms. The predicted molar refractivity (Wildman–Crippen MR) is 110 cm³/mol. The Morgan fingerprint density at radius 1 is 1.28 bits per heavy atom. The zero-order chi connectivity index (χ0) is 18.5. The average molecular weight is 365 g/mol. The SMILES string of the molecule is CCC(C)C(=O)Nc1cccc(CNC(=NC)NCCCCSC)c1. The van der Waals surface area contributed by atoms with Crippen molar-refractivity contribution in [3.05, 3.63) is 29.8 Å². The Bertz CT molecular complexity index is 548. The number of carbonyl (C=O) groups excluding carboxylic acids is 1. The lowest BCUT2D eigenvalue weighted by atomic mass is 10.1. The van der Waals surface area contributed by atoms with Crippen LogP contribution in [-0.2, 0) is 11.3 Å². The lowest BCUT2D eigenvalue weighted by Gasteiger charge is -2.13. The van der Waals surface area contributed by atoms with E-state index in [1.807, 2.05) is 49.9 Å². The summed E-state index contributed by atoms with van der Waals surface area (Å²) in [6.07, 6.45) is 5.32. The van der Waals surface area contributed by atoms with Crippen LogP contribution in [-0.4, -0.2) is 37.5 Å². The van der Waals surface area contributed by atoms with E-state index in [0.717, 1.165) is 36.6 Å². The number of guanidine groups is 1. The molecule has 140 valence electrons. The van der Waals surface area contributed by atoms with Crippen LogP contribution in [0.1, 0.15) is 38.7 Å². The van der Waals surface area contributed by atoms with Gasteiger partial charge in [0.1, 0.15) is 0 Å². The topological polar surface area (TPSA) is 65.5 Å². The van der Waals surface area contributed by atoms with Gasteiger partial charge >= 0.3 is 0 Å². The summed E-state index contributed by atoms with van der Waals surface area (Å²) in [6.45, 7) is 5.54. The number of carbonyl (C=O) groups is 1. The van der Waals surface area contributed by atoms with Crippen molar-refractivity contribution in [2.75, 3.05) is 30.9 Å². The van der Waals surface area contributed by atoms with Crippen molar-refractivity contribution in [1.82, 2.24) is 10.6 Å². The van der Waals surface area contributed by atoms with E-state index in [4.69, 9.17) is 0 Å². The second kappa shape index (κ2) is 12.6. The third kappa shape index (κ3) is 8.82. The van der Waals surface area contributed by atoms with Crippen LogP contribution in [0.4, 0.5) is 5.69 Å². The van der Waals surface area contributed by atoms with E-state index < -0.39 is 0 Å². The Kier molecular flexibility index (Phi) is 10.8. The maximum atomic E-state index is 12.0. The van der Waals surface area contributed by atoms with Gasteiger partial charge in [0.05, 0.1) is 0 Å². The van der Waals surface area contributed by atoms with Crippen molar-refractivity contribution in [2.24, 2.45) is 10.9 Å². The highest BCUT2D eigenvalue weighted by Gasteiger charge is 2.10. The van der Waals surface area contributed by atoms with Gasteiger partial charge in [-0.25, -0.2) is 0 Å². The van der Waals surface area contributed by atoms with Gasteiger partial charge in [-0.05, 0) is 49.0 Å². The van der Waals surface area contributed by atoms with Gasteiger partial charge in [-0.2, -0.15) is 11.8 Å². The lowest BCUT2D eigenvalue weighted by molar-refractivity contribution is -0.119. The molecule has 5 nitrogen and oxygen atoms in total. The molecular weight excluding hydrogens is 332 g/mol. The minimum atomic E-state index is 0.0240. The quantitative estimate of drug-likeness (QED) is 0.338. The maximum absolute atomic E-state index is 12.0. The summed E-state index contributed by atoms with van der Waals surface area (Å²) in [5, 5.41) is 9.61. The molecule has 1 aromatic rings. The first kappa shape index (κ1) is 21.4. The van der Waals surface area contributed by atoms with Gasteiger partial charge in [-0.1, -0.05) is 26.0 Å². The second-order valence-corrected chi connectivity index (χ2v) is 7.04. The largest absolute Gasteiger partial charge is 0.356 e. The molecule has 1 rings (SSSR count). The zero-order valence-corrected chi connectivity index (χ0v) is 16.7. The normalized spacial score (nSPS) is 12.6. The molecule has 0 saturated heterocycles. The third-order valence-corrected chi connectivity index (χ3v) is 4.70. The van der Waals surface area contributed by atoms with E-state index in [1.54, 1.807) is 7.05 Å². The molecule has 0 bridgehead atoms. The first-order chi connectivity index (χ1) is 12.1. The highest BCUT2D eigenvalue weighted by molar-refractivity contribution is 7.98. The first-order valence-electron chi connectivity index (χ1n) is 8.94. The van der Waals surface area contributed by atoms with Gasteiger partial charge in [0.15, 0.2) is 5.96 Å². The average Bonchev–Trinajstić information content (AvgIpc) is 2.63. The maximum Gasteiger partial charge on any atom is 0.227 e. The van der Waals surface area contributed by atoms with Crippen molar-refractivity contribution in [2.45, 2.75) is 39.7 Å². The predicted octanol–water partition coefficient (Wildman–Crippen LogP) is 3.48. The number of anilines is 1. The molecule has 0 aliphatic rings. The van der Waals surface area contributed by atoms with E-state index >= 15 is 0 Å². The van der Waals surface area contributed by atoms with E-state index in [-0.39, 0.29) is 11.8 Å². The molecule has 0 saturated carbocycles. The number of aliphatic imine (C=N–C) groups is 1. The third-order valence-electron chi connectivity index (χ3n) is 4.01.